The lowest BCUT2D eigenvalue weighted by molar-refractivity contribution is -0.0198. The Morgan fingerprint density at radius 2 is 1.95 bits per heavy atom. The zero-order valence-electron chi connectivity index (χ0n) is 12.4. The standard InChI is InChI=1S/C14H21N5OS/c1-21-14-16-18-10-11-4-2-3-5-12(11)15-13(18)19(14)17-6-8-20-9-7-17/h2-10H2,1H3. The van der Waals surface area contributed by atoms with Crippen LogP contribution in [0.15, 0.2) is 21.4 Å². The first kappa shape index (κ1) is 13.6. The number of morpholine rings is 1. The molecule has 0 amide bonds. The number of ether oxygens (including phenoxy) is 1. The summed E-state index contributed by atoms with van der Waals surface area (Å²) in [6, 6.07) is 0. The van der Waals surface area contributed by atoms with Crippen LogP contribution in [0.25, 0.3) is 0 Å². The van der Waals surface area contributed by atoms with E-state index >= 15 is 0 Å². The summed E-state index contributed by atoms with van der Waals surface area (Å²) >= 11 is 1.69. The van der Waals surface area contributed by atoms with Gasteiger partial charge in [-0.2, -0.15) is 0 Å². The number of aliphatic imine (C=N–C) groups is 1. The highest BCUT2D eigenvalue weighted by atomic mass is 32.2. The van der Waals surface area contributed by atoms with Gasteiger partial charge in [0.2, 0.25) is 11.1 Å². The van der Waals surface area contributed by atoms with Gasteiger partial charge in [0.1, 0.15) is 0 Å². The molecule has 7 heteroatoms. The lowest BCUT2D eigenvalue weighted by Gasteiger charge is -2.37. The number of hydrazine groups is 1. The Morgan fingerprint density at radius 3 is 2.76 bits per heavy atom. The smallest absolute Gasteiger partial charge is 0.244 e. The van der Waals surface area contributed by atoms with E-state index in [2.05, 4.69) is 21.3 Å². The second-order valence-corrected chi connectivity index (χ2v) is 6.46. The third-order valence-corrected chi connectivity index (χ3v) is 5.01. The van der Waals surface area contributed by atoms with Crippen LogP contribution in [0.2, 0.25) is 0 Å². The van der Waals surface area contributed by atoms with Crippen LogP contribution in [0.5, 0.6) is 0 Å². The highest BCUT2D eigenvalue weighted by Gasteiger charge is 2.38. The Hall–Kier alpha value is -1.05. The fourth-order valence-electron chi connectivity index (χ4n) is 3.28. The van der Waals surface area contributed by atoms with Crippen LogP contribution in [0.3, 0.4) is 0 Å². The quantitative estimate of drug-likeness (QED) is 0.737. The Balaban J connectivity index is 1.66. The molecule has 0 spiro atoms. The van der Waals surface area contributed by atoms with Crippen LogP contribution in [0.1, 0.15) is 25.7 Å². The molecule has 0 bridgehead atoms. The van der Waals surface area contributed by atoms with Crippen molar-refractivity contribution in [3.63, 3.8) is 0 Å². The molecule has 114 valence electrons. The van der Waals surface area contributed by atoms with Crippen LogP contribution >= 0.6 is 11.8 Å². The van der Waals surface area contributed by atoms with E-state index in [4.69, 9.17) is 14.8 Å². The third-order valence-electron chi connectivity index (χ3n) is 4.39. The van der Waals surface area contributed by atoms with Crippen molar-refractivity contribution in [3.05, 3.63) is 11.3 Å². The van der Waals surface area contributed by atoms with Gasteiger partial charge in [0.05, 0.1) is 19.8 Å². The van der Waals surface area contributed by atoms with Gasteiger partial charge in [0.25, 0.3) is 0 Å². The molecule has 3 aliphatic heterocycles. The van der Waals surface area contributed by atoms with Crippen LogP contribution in [-0.4, -0.2) is 65.3 Å². The summed E-state index contributed by atoms with van der Waals surface area (Å²) in [5.74, 6) is 0.988. The maximum Gasteiger partial charge on any atom is 0.244 e. The van der Waals surface area contributed by atoms with Gasteiger partial charge in [0.15, 0.2) is 0 Å². The number of thioether (sulfide) groups is 1. The van der Waals surface area contributed by atoms with Crippen LogP contribution in [0.4, 0.5) is 0 Å². The first-order valence-electron chi connectivity index (χ1n) is 7.69. The summed E-state index contributed by atoms with van der Waals surface area (Å²) in [6.07, 6.45) is 6.95. The molecule has 21 heavy (non-hydrogen) atoms. The molecule has 4 aliphatic rings. The van der Waals surface area contributed by atoms with Crippen molar-refractivity contribution >= 4 is 22.9 Å². The Labute approximate surface area is 129 Å². The highest BCUT2D eigenvalue weighted by Crippen LogP contribution is 2.33. The van der Waals surface area contributed by atoms with E-state index in [9.17, 15) is 0 Å². The van der Waals surface area contributed by atoms with Crippen molar-refractivity contribution in [1.29, 1.82) is 0 Å². The van der Waals surface area contributed by atoms with E-state index in [-0.39, 0.29) is 0 Å². The minimum absolute atomic E-state index is 0.777. The number of nitrogens with zero attached hydrogens (tertiary/aromatic N) is 5. The summed E-state index contributed by atoms with van der Waals surface area (Å²) in [4.78, 5) is 4.96. The van der Waals surface area contributed by atoms with E-state index in [0.29, 0.717) is 0 Å². The molecule has 0 aromatic heterocycles. The molecule has 1 fully saturated rings. The van der Waals surface area contributed by atoms with E-state index in [1.165, 1.54) is 30.5 Å². The topological polar surface area (TPSA) is 43.7 Å². The SMILES string of the molecule is CSC1=NN2CC3=C(CCCC3)N=C2N1N1CCOCC1. The molecule has 4 rings (SSSR count). The van der Waals surface area contributed by atoms with Gasteiger partial charge in [-0.25, -0.2) is 20.0 Å². The summed E-state index contributed by atoms with van der Waals surface area (Å²) < 4.78 is 5.47. The molecule has 0 saturated carbocycles. The van der Waals surface area contributed by atoms with Crippen molar-refractivity contribution in [3.8, 4) is 0 Å². The molecule has 0 aromatic rings. The Morgan fingerprint density at radius 1 is 1.14 bits per heavy atom. The molecular formula is C14H21N5OS. The van der Waals surface area contributed by atoms with Crippen molar-refractivity contribution in [2.24, 2.45) is 10.1 Å². The lowest BCUT2D eigenvalue weighted by atomic mass is 9.95. The fraction of sp³-hybridized carbons (Fsp3) is 0.714. The molecule has 0 radical (unpaired) electrons. The lowest BCUT2D eigenvalue weighted by Crippen LogP contribution is -2.54. The summed E-state index contributed by atoms with van der Waals surface area (Å²) in [5, 5.41) is 12.4. The predicted octanol–water partition coefficient (Wildman–Crippen LogP) is 1.68. The first-order chi connectivity index (χ1) is 10.4. The molecule has 0 atom stereocenters. The van der Waals surface area contributed by atoms with E-state index in [1.54, 1.807) is 11.8 Å². The van der Waals surface area contributed by atoms with Gasteiger partial charge in [-0.3, -0.25) is 0 Å². The van der Waals surface area contributed by atoms with Gasteiger partial charge in [0, 0.05) is 18.8 Å². The van der Waals surface area contributed by atoms with Gasteiger partial charge < -0.3 is 4.74 Å². The largest absolute Gasteiger partial charge is 0.379 e. The van der Waals surface area contributed by atoms with Crippen LogP contribution in [-0.2, 0) is 4.74 Å². The second-order valence-electron chi connectivity index (χ2n) is 5.69. The second kappa shape index (κ2) is 5.62. The zero-order chi connectivity index (χ0) is 14.2. The third kappa shape index (κ3) is 2.37. The average Bonchev–Trinajstić information content (AvgIpc) is 2.91. The van der Waals surface area contributed by atoms with E-state index in [1.807, 2.05) is 0 Å². The minimum atomic E-state index is 0.777. The molecule has 6 nitrogen and oxygen atoms in total. The number of hydrogen-bond donors (Lipinski definition) is 0. The summed E-state index contributed by atoms with van der Waals surface area (Å²) in [6.45, 7) is 4.27. The molecule has 0 aromatic carbocycles. The predicted molar refractivity (Wildman–Crippen MR) is 84.8 cm³/mol. The number of fused-ring (bicyclic) bond motifs is 1. The monoisotopic (exact) mass is 307 g/mol. The van der Waals surface area contributed by atoms with Gasteiger partial charge in [-0.1, -0.05) is 11.8 Å². The summed E-state index contributed by atoms with van der Waals surface area (Å²) in [5.41, 5.74) is 2.79. The van der Waals surface area contributed by atoms with Crippen LogP contribution < -0.4 is 0 Å². The van der Waals surface area contributed by atoms with E-state index < -0.39 is 0 Å². The molecule has 1 aliphatic carbocycles. The number of amidine groups is 1. The Kier molecular flexibility index (Phi) is 3.64. The van der Waals surface area contributed by atoms with E-state index in [0.717, 1.165) is 50.4 Å². The Bertz CT molecular complexity index is 523. The van der Waals surface area contributed by atoms with Gasteiger partial charge in [-0.05, 0) is 37.5 Å². The maximum atomic E-state index is 5.47. The molecule has 0 unspecified atom stereocenters. The van der Waals surface area contributed by atoms with Crippen molar-refractivity contribution in [1.82, 2.24) is 15.0 Å². The molecule has 0 N–H and O–H groups in total. The molecule has 1 saturated heterocycles. The summed E-state index contributed by atoms with van der Waals surface area (Å²) in [7, 11) is 0. The van der Waals surface area contributed by atoms with Gasteiger partial charge >= 0.3 is 0 Å². The van der Waals surface area contributed by atoms with Crippen molar-refractivity contribution in [2.75, 3.05) is 39.1 Å². The number of rotatable bonds is 1. The number of allylic oxidation sites excluding steroid dienone is 1. The van der Waals surface area contributed by atoms with Crippen LogP contribution in [0, 0.1) is 0 Å². The minimum Gasteiger partial charge on any atom is -0.379 e. The average molecular weight is 307 g/mol. The molecule has 3 heterocycles. The first-order valence-corrected chi connectivity index (χ1v) is 8.92. The highest BCUT2D eigenvalue weighted by molar-refractivity contribution is 8.13. The number of hydrogen-bond acceptors (Lipinski definition) is 7. The van der Waals surface area contributed by atoms with Crippen molar-refractivity contribution < 1.29 is 4.74 Å². The molecular weight excluding hydrogens is 286 g/mol. The zero-order valence-corrected chi connectivity index (χ0v) is 13.2. The van der Waals surface area contributed by atoms with Gasteiger partial charge in [-0.15, -0.1) is 5.10 Å². The number of hydrazone groups is 1. The normalized spacial score (nSPS) is 26.5. The van der Waals surface area contributed by atoms with Crippen molar-refractivity contribution in [2.45, 2.75) is 25.7 Å². The fourth-order valence-corrected chi connectivity index (χ4v) is 3.83. The number of guanidine groups is 1. The maximum absolute atomic E-state index is 5.47.